The quantitative estimate of drug-likeness (QED) is 0.493. The Kier molecular flexibility index (Phi) is 9.01. The van der Waals surface area contributed by atoms with Crippen molar-refractivity contribution in [2.24, 2.45) is 0 Å². The number of nitrogens with one attached hydrogen (secondary N) is 1. The first-order valence-electron chi connectivity index (χ1n) is 7.47. The Morgan fingerprint density at radius 3 is 2.64 bits per heavy atom. The molecule has 0 aliphatic rings. The van der Waals surface area contributed by atoms with E-state index in [-0.39, 0.29) is 12.3 Å². The number of carboxylic acid groups (broad SMARTS) is 1. The highest BCUT2D eigenvalue weighted by molar-refractivity contribution is 7.99. The summed E-state index contributed by atoms with van der Waals surface area (Å²) in [5.41, 5.74) is 0.655. The van der Waals surface area contributed by atoms with E-state index in [2.05, 4.69) is 5.32 Å². The summed E-state index contributed by atoms with van der Waals surface area (Å²) in [6.07, 6.45) is 3.56. The minimum absolute atomic E-state index is 0.0850. The lowest BCUT2D eigenvalue weighted by molar-refractivity contribution is -0.137. The molecule has 0 radical (unpaired) electrons. The number of thioether (sulfide) groups is 1. The van der Waals surface area contributed by atoms with E-state index in [1.54, 1.807) is 23.9 Å². The van der Waals surface area contributed by atoms with Gasteiger partial charge in [-0.05, 0) is 36.8 Å². The van der Waals surface area contributed by atoms with Gasteiger partial charge in [0.25, 0.3) is 5.91 Å². The summed E-state index contributed by atoms with van der Waals surface area (Å²) >= 11 is 7.56. The Labute approximate surface area is 140 Å². The number of hydrogen-bond acceptors (Lipinski definition) is 3. The van der Waals surface area contributed by atoms with E-state index >= 15 is 0 Å². The summed E-state index contributed by atoms with van der Waals surface area (Å²) in [7, 11) is 0. The molecule has 0 saturated carbocycles. The van der Waals surface area contributed by atoms with Gasteiger partial charge in [-0.1, -0.05) is 31.4 Å². The highest BCUT2D eigenvalue weighted by Crippen LogP contribution is 2.26. The zero-order chi connectivity index (χ0) is 16.4. The molecule has 1 aromatic carbocycles. The van der Waals surface area contributed by atoms with Crippen LogP contribution < -0.4 is 5.32 Å². The number of halogens is 1. The van der Waals surface area contributed by atoms with E-state index in [9.17, 15) is 9.59 Å². The van der Waals surface area contributed by atoms with Gasteiger partial charge < -0.3 is 10.4 Å². The van der Waals surface area contributed by atoms with E-state index < -0.39 is 5.97 Å². The monoisotopic (exact) mass is 343 g/mol. The molecule has 122 valence electrons. The van der Waals surface area contributed by atoms with Gasteiger partial charge in [0, 0.05) is 22.9 Å². The summed E-state index contributed by atoms with van der Waals surface area (Å²) in [6, 6.07) is 5.29. The topological polar surface area (TPSA) is 66.4 Å². The molecule has 0 atom stereocenters. The molecule has 0 aliphatic heterocycles. The van der Waals surface area contributed by atoms with Gasteiger partial charge >= 0.3 is 5.97 Å². The largest absolute Gasteiger partial charge is 0.481 e. The molecule has 6 heteroatoms. The van der Waals surface area contributed by atoms with Crippen molar-refractivity contribution in [2.45, 2.75) is 43.9 Å². The SMILES string of the molecule is CCSc1cc(Cl)ccc1C(=O)NCCCCCCC(=O)O. The molecule has 1 rings (SSSR count). The van der Waals surface area contributed by atoms with Gasteiger partial charge in [-0.2, -0.15) is 0 Å². The van der Waals surface area contributed by atoms with Crippen molar-refractivity contribution in [2.75, 3.05) is 12.3 Å². The van der Waals surface area contributed by atoms with Gasteiger partial charge in [0.1, 0.15) is 0 Å². The van der Waals surface area contributed by atoms with Crippen LogP contribution in [0.2, 0.25) is 5.02 Å². The third-order valence-corrected chi connectivity index (χ3v) is 4.26. The van der Waals surface area contributed by atoms with Gasteiger partial charge in [-0.3, -0.25) is 9.59 Å². The Morgan fingerprint density at radius 2 is 1.95 bits per heavy atom. The number of rotatable bonds is 10. The fourth-order valence-corrected chi connectivity index (χ4v) is 3.08. The maximum atomic E-state index is 12.2. The lowest BCUT2D eigenvalue weighted by Gasteiger charge is -2.10. The smallest absolute Gasteiger partial charge is 0.303 e. The molecule has 0 aromatic heterocycles. The number of hydrogen-bond donors (Lipinski definition) is 2. The number of benzene rings is 1. The van der Waals surface area contributed by atoms with Gasteiger partial charge in [0.05, 0.1) is 5.56 Å². The van der Waals surface area contributed by atoms with Crippen LogP contribution in [0.1, 0.15) is 49.4 Å². The lowest BCUT2D eigenvalue weighted by atomic mass is 10.1. The average molecular weight is 344 g/mol. The van der Waals surface area contributed by atoms with Crippen LogP contribution in [0.15, 0.2) is 23.1 Å². The normalized spacial score (nSPS) is 10.5. The highest BCUT2D eigenvalue weighted by atomic mass is 35.5. The fourth-order valence-electron chi connectivity index (χ4n) is 2.01. The Morgan fingerprint density at radius 1 is 1.23 bits per heavy atom. The van der Waals surface area contributed by atoms with Gasteiger partial charge in [-0.15, -0.1) is 11.8 Å². The molecule has 0 bridgehead atoms. The van der Waals surface area contributed by atoms with Crippen LogP contribution in [0.5, 0.6) is 0 Å². The Balaban J connectivity index is 2.35. The molecule has 0 heterocycles. The highest BCUT2D eigenvalue weighted by Gasteiger charge is 2.11. The van der Waals surface area contributed by atoms with Crippen LogP contribution in [0.25, 0.3) is 0 Å². The Hall–Kier alpha value is -1.20. The van der Waals surface area contributed by atoms with E-state index in [1.807, 2.05) is 13.0 Å². The van der Waals surface area contributed by atoms with E-state index in [4.69, 9.17) is 16.7 Å². The number of aliphatic carboxylic acids is 1. The molecular formula is C16H22ClNO3S. The minimum Gasteiger partial charge on any atom is -0.481 e. The molecule has 0 fully saturated rings. The number of amides is 1. The van der Waals surface area contributed by atoms with Crippen molar-refractivity contribution in [3.8, 4) is 0 Å². The second kappa shape index (κ2) is 10.5. The maximum Gasteiger partial charge on any atom is 0.303 e. The van der Waals surface area contributed by atoms with Crippen molar-refractivity contribution in [3.63, 3.8) is 0 Å². The van der Waals surface area contributed by atoms with Crippen molar-refractivity contribution >= 4 is 35.2 Å². The van der Waals surface area contributed by atoms with Crippen LogP contribution in [-0.2, 0) is 4.79 Å². The zero-order valence-corrected chi connectivity index (χ0v) is 14.3. The predicted octanol–water partition coefficient (Wildman–Crippen LogP) is 4.22. The van der Waals surface area contributed by atoms with E-state index in [0.717, 1.165) is 29.9 Å². The molecule has 2 N–H and O–H groups in total. The fraction of sp³-hybridized carbons (Fsp3) is 0.500. The van der Waals surface area contributed by atoms with Gasteiger partial charge in [0.2, 0.25) is 0 Å². The predicted molar refractivity (Wildman–Crippen MR) is 90.9 cm³/mol. The second-order valence-electron chi connectivity index (χ2n) is 4.89. The molecule has 0 aliphatic carbocycles. The van der Waals surface area contributed by atoms with Gasteiger partial charge in [-0.25, -0.2) is 0 Å². The molecule has 1 amide bonds. The molecule has 0 unspecified atom stereocenters. The minimum atomic E-state index is -0.753. The van der Waals surface area contributed by atoms with Crippen molar-refractivity contribution in [3.05, 3.63) is 28.8 Å². The average Bonchev–Trinajstić information content (AvgIpc) is 2.46. The first kappa shape index (κ1) is 18.8. The van der Waals surface area contributed by atoms with Gasteiger partial charge in [0.15, 0.2) is 0 Å². The molecule has 0 saturated heterocycles. The summed E-state index contributed by atoms with van der Waals surface area (Å²) in [6.45, 7) is 2.63. The molecule has 0 spiro atoms. The summed E-state index contributed by atoms with van der Waals surface area (Å²) in [5, 5.41) is 12.1. The van der Waals surface area contributed by atoms with Crippen molar-refractivity contribution in [1.29, 1.82) is 0 Å². The number of carbonyl (C=O) groups excluding carboxylic acids is 1. The van der Waals surface area contributed by atoms with Crippen molar-refractivity contribution < 1.29 is 14.7 Å². The van der Waals surface area contributed by atoms with Crippen LogP contribution in [0, 0.1) is 0 Å². The Bertz CT molecular complexity index is 508. The van der Waals surface area contributed by atoms with Crippen LogP contribution in [0.4, 0.5) is 0 Å². The second-order valence-corrected chi connectivity index (χ2v) is 6.63. The van der Waals surface area contributed by atoms with E-state index in [0.29, 0.717) is 23.6 Å². The molecule has 4 nitrogen and oxygen atoms in total. The van der Waals surface area contributed by atoms with E-state index in [1.165, 1.54) is 0 Å². The standard InChI is InChI=1S/C16H22ClNO3S/c1-2-22-14-11-12(17)8-9-13(14)16(21)18-10-6-4-3-5-7-15(19)20/h8-9,11H,2-7,10H2,1H3,(H,18,21)(H,19,20). The number of unbranched alkanes of at least 4 members (excludes halogenated alkanes) is 3. The first-order chi connectivity index (χ1) is 10.5. The first-order valence-corrected chi connectivity index (χ1v) is 8.83. The number of carbonyl (C=O) groups is 2. The molecular weight excluding hydrogens is 322 g/mol. The third-order valence-electron chi connectivity index (χ3n) is 3.09. The lowest BCUT2D eigenvalue weighted by Crippen LogP contribution is -2.25. The number of carboxylic acids is 1. The van der Waals surface area contributed by atoms with Crippen molar-refractivity contribution in [1.82, 2.24) is 5.32 Å². The summed E-state index contributed by atoms with van der Waals surface area (Å²) < 4.78 is 0. The molecule has 22 heavy (non-hydrogen) atoms. The summed E-state index contributed by atoms with van der Waals surface area (Å²) in [4.78, 5) is 23.5. The van der Waals surface area contributed by atoms with Crippen LogP contribution in [-0.4, -0.2) is 29.3 Å². The van der Waals surface area contributed by atoms with Crippen LogP contribution in [0.3, 0.4) is 0 Å². The molecule has 1 aromatic rings. The third kappa shape index (κ3) is 7.18. The van der Waals surface area contributed by atoms with Crippen LogP contribution >= 0.6 is 23.4 Å². The zero-order valence-electron chi connectivity index (χ0n) is 12.7. The summed E-state index contributed by atoms with van der Waals surface area (Å²) in [5.74, 6) is 0.0413. The maximum absolute atomic E-state index is 12.2.